The van der Waals surface area contributed by atoms with Crippen molar-refractivity contribution in [2.75, 3.05) is 11.5 Å². The van der Waals surface area contributed by atoms with Crippen molar-refractivity contribution in [1.29, 1.82) is 0 Å². The number of amides is 1. The Morgan fingerprint density at radius 2 is 2.18 bits per heavy atom. The third-order valence-electron chi connectivity index (χ3n) is 4.05. The fraction of sp³-hybridized carbons (Fsp3) is 0.500. The van der Waals surface area contributed by atoms with E-state index in [1.807, 2.05) is 0 Å². The zero-order valence-electron chi connectivity index (χ0n) is 12.5. The number of halogens is 1. The van der Waals surface area contributed by atoms with E-state index in [9.17, 15) is 19.1 Å². The summed E-state index contributed by atoms with van der Waals surface area (Å²) < 4.78 is 13.6. The molecule has 2 N–H and O–H groups in total. The predicted molar refractivity (Wildman–Crippen MR) is 84.3 cm³/mol. The van der Waals surface area contributed by atoms with Crippen LogP contribution in [0, 0.1) is 11.7 Å². The first-order valence-corrected chi connectivity index (χ1v) is 8.47. The van der Waals surface area contributed by atoms with Crippen molar-refractivity contribution in [1.82, 2.24) is 5.32 Å². The minimum absolute atomic E-state index is 0.274. The molecule has 2 atom stereocenters. The number of carbonyl (C=O) groups excluding carboxylic acids is 1. The third kappa shape index (κ3) is 3.80. The summed E-state index contributed by atoms with van der Waals surface area (Å²) in [6.07, 6.45) is 1.38. The van der Waals surface area contributed by atoms with Gasteiger partial charge < -0.3 is 10.4 Å². The van der Waals surface area contributed by atoms with Crippen LogP contribution in [0.4, 0.5) is 4.39 Å². The first-order valence-electron chi connectivity index (χ1n) is 7.31. The second-order valence-electron chi connectivity index (χ2n) is 5.71. The molecule has 0 radical (unpaired) electrons. The zero-order chi connectivity index (χ0) is 16.2. The maximum absolute atomic E-state index is 13.6. The average Bonchev–Trinajstić information content (AvgIpc) is 2.96. The normalized spacial score (nSPS) is 22.3. The van der Waals surface area contributed by atoms with E-state index in [2.05, 4.69) is 5.32 Å². The monoisotopic (exact) mass is 325 g/mol. The van der Waals surface area contributed by atoms with Gasteiger partial charge in [-0.05, 0) is 36.6 Å². The number of thioether (sulfide) groups is 1. The Morgan fingerprint density at radius 3 is 2.77 bits per heavy atom. The van der Waals surface area contributed by atoms with Gasteiger partial charge in [0, 0.05) is 11.7 Å². The van der Waals surface area contributed by atoms with Crippen LogP contribution in [0.2, 0.25) is 0 Å². The van der Waals surface area contributed by atoms with E-state index < -0.39 is 11.5 Å². The lowest BCUT2D eigenvalue weighted by Gasteiger charge is -2.26. The number of carbonyl (C=O) groups is 2. The smallest absolute Gasteiger partial charge is 0.330 e. The Hall–Kier alpha value is -1.56. The lowest BCUT2D eigenvalue weighted by Crippen LogP contribution is -2.56. The summed E-state index contributed by atoms with van der Waals surface area (Å²) in [7, 11) is 0. The van der Waals surface area contributed by atoms with Gasteiger partial charge in [0.2, 0.25) is 5.91 Å². The Balaban J connectivity index is 1.92. The molecule has 1 aromatic rings. The number of nitrogens with one attached hydrogen (secondary N) is 1. The molecule has 2 unspecified atom stereocenters. The van der Waals surface area contributed by atoms with Crippen molar-refractivity contribution < 1.29 is 19.1 Å². The van der Waals surface area contributed by atoms with Gasteiger partial charge >= 0.3 is 5.97 Å². The molecule has 0 saturated carbocycles. The van der Waals surface area contributed by atoms with Gasteiger partial charge in [-0.25, -0.2) is 9.18 Å². The van der Waals surface area contributed by atoms with Crippen molar-refractivity contribution in [3.63, 3.8) is 0 Å². The van der Waals surface area contributed by atoms with Crippen LogP contribution in [0.1, 0.15) is 25.3 Å². The third-order valence-corrected chi connectivity index (χ3v) is 5.24. The highest BCUT2D eigenvalue weighted by atomic mass is 32.2. The van der Waals surface area contributed by atoms with Crippen LogP contribution in [0.25, 0.3) is 0 Å². The van der Waals surface area contributed by atoms with E-state index in [0.29, 0.717) is 30.6 Å². The van der Waals surface area contributed by atoms with Crippen LogP contribution >= 0.6 is 11.8 Å². The van der Waals surface area contributed by atoms with E-state index in [1.54, 1.807) is 25.1 Å². The Kier molecular flexibility index (Phi) is 5.45. The number of carboxylic acid groups (broad SMARTS) is 1. The van der Waals surface area contributed by atoms with Crippen molar-refractivity contribution in [3.8, 4) is 0 Å². The van der Waals surface area contributed by atoms with Crippen LogP contribution in [0.15, 0.2) is 24.3 Å². The van der Waals surface area contributed by atoms with Gasteiger partial charge in [0.25, 0.3) is 0 Å². The van der Waals surface area contributed by atoms with Gasteiger partial charge in [0.1, 0.15) is 11.4 Å². The fourth-order valence-electron chi connectivity index (χ4n) is 2.45. The maximum atomic E-state index is 13.6. The molecule has 22 heavy (non-hydrogen) atoms. The second-order valence-corrected chi connectivity index (χ2v) is 6.82. The molecule has 4 nitrogen and oxygen atoms in total. The van der Waals surface area contributed by atoms with Gasteiger partial charge in [-0.15, -0.1) is 0 Å². The van der Waals surface area contributed by atoms with Gasteiger partial charge in [-0.3, -0.25) is 4.79 Å². The quantitative estimate of drug-likeness (QED) is 0.843. The Labute approximate surface area is 133 Å². The summed E-state index contributed by atoms with van der Waals surface area (Å²) >= 11 is 1.53. The lowest BCUT2D eigenvalue weighted by molar-refractivity contribution is -0.147. The molecule has 1 saturated heterocycles. The second kappa shape index (κ2) is 7.13. The molecule has 0 bridgehead atoms. The first kappa shape index (κ1) is 16.8. The predicted octanol–water partition coefficient (Wildman–Crippen LogP) is 2.47. The summed E-state index contributed by atoms with van der Waals surface area (Å²) in [6, 6.07) is 6.49. The molecule has 0 aliphatic carbocycles. The summed E-state index contributed by atoms with van der Waals surface area (Å²) in [5.74, 6) is -0.760. The molecular weight excluding hydrogens is 305 g/mol. The fourth-order valence-corrected chi connectivity index (χ4v) is 3.77. The number of carboxylic acids is 1. The van der Waals surface area contributed by atoms with E-state index in [4.69, 9.17) is 0 Å². The molecule has 1 amide bonds. The Bertz CT molecular complexity index is 558. The largest absolute Gasteiger partial charge is 0.479 e. The number of rotatable bonds is 6. The van der Waals surface area contributed by atoms with Gasteiger partial charge in [0.15, 0.2) is 0 Å². The minimum atomic E-state index is -1.14. The molecule has 1 aliphatic heterocycles. The number of hydrogen-bond donors (Lipinski definition) is 2. The van der Waals surface area contributed by atoms with E-state index in [0.717, 1.165) is 5.75 Å². The first-order chi connectivity index (χ1) is 10.4. The molecule has 1 aliphatic rings. The highest BCUT2D eigenvalue weighted by Gasteiger charge is 2.43. The molecule has 6 heteroatoms. The molecule has 0 spiro atoms. The zero-order valence-corrected chi connectivity index (χ0v) is 13.3. The minimum Gasteiger partial charge on any atom is -0.479 e. The van der Waals surface area contributed by atoms with Gasteiger partial charge in [0.05, 0.1) is 0 Å². The SMILES string of the molecule is CC(CCc1ccccc1F)C(=O)NC1(C(=O)O)CCSC1. The van der Waals surface area contributed by atoms with Crippen LogP contribution in [0.3, 0.4) is 0 Å². The Morgan fingerprint density at radius 1 is 1.45 bits per heavy atom. The van der Waals surface area contributed by atoms with Gasteiger partial charge in [-0.2, -0.15) is 11.8 Å². The van der Waals surface area contributed by atoms with Crippen molar-refractivity contribution in [3.05, 3.63) is 35.6 Å². The summed E-state index contributed by atoms with van der Waals surface area (Å²) in [5.41, 5.74) is -0.569. The van der Waals surface area contributed by atoms with Crippen LogP contribution < -0.4 is 5.32 Å². The maximum Gasteiger partial charge on any atom is 0.330 e. The molecule has 2 rings (SSSR count). The van der Waals surface area contributed by atoms with Gasteiger partial charge in [-0.1, -0.05) is 25.1 Å². The van der Waals surface area contributed by atoms with Crippen LogP contribution in [-0.2, 0) is 16.0 Å². The summed E-state index contributed by atoms with van der Waals surface area (Å²) in [4.78, 5) is 23.7. The molecule has 120 valence electrons. The van der Waals surface area contributed by atoms with Crippen molar-refractivity contribution in [2.45, 2.75) is 31.7 Å². The van der Waals surface area contributed by atoms with E-state index in [1.165, 1.54) is 17.8 Å². The summed E-state index contributed by atoms with van der Waals surface area (Å²) in [5, 5.41) is 12.1. The number of aliphatic carboxylic acids is 1. The molecular formula is C16H20FNO3S. The average molecular weight is 325 g/mol. The summed E-state index contributed by atoms with van der Waals surface area (Å²) in [6.45, 7) is 1.74. The highest BCUT2D eigenvalue weighted by molar-refractivity contribution is 7.99. The van der Waals surface area contributed by atoms with E-state index in [-0.39, 0.29) is 17.6 Å². The lowest BCUT2D eigenvalue weighted by atomic mass is 9.95. The highest BCUT2D eigenvalue weighted by Crippen LogP contribution is 2.28. The number of hydrogen-bond acceptors (Lipinski definition) is 3. The van der Waals surface area contributed by atoms with Crippen LogP contribution in [0.5, 0.6) is 0 Å². The molecule has 1 fully saturated rings. The number of benzene rings is 1. The molecule has 1 heterocycles. The van der Waals surface area contributed by atoms with Crippen molar-refractivity contribution in [2.24, 2.45) is 5.92 Å². The standard InChI is InChI=1S/C16H20FNO3S/c1-11(6-7-12-4-2-3-5-13(12)17)14(19)18-16(15(20)21)8-9-22-10-16/h2-5,11H,6-10H2,1H3,(H,18,19)(H,20,21). The molecule has 0 aromatic heterocycles. The van der Waals surface area contributed by atoms with Crippen molar-refractivity contribution >= 4 is 23.6 Å². The van der Waals surface area contributed by atoms with Crippen LogP contribution in [-0.4, -0.2) is 34.0 Å². The number of aryl methyl sites for hydroxylation is 1. The molecule has 1 aromatic carbocycles. The topological polar surface area (TPSA) is 66.4 Å². The van der Waals surface area contributed by atoms with E-state index >= 15 is 0 Å².